The highest BCUT2D eigenvalue weighted by atomic mass is 32.2. The molecule has 0 unspecified atom stereocenters. The first-order chi connectivity index (χ1) is 13.0. The van der Waals surface area contributed by atoms with Crippen LogP contribution in [0.15, 0.2) is 59.5 Å². The lowest BCUT2D eigenvalue weighted by Gasteiger charge is -2.33. The zero-order chi connectivity index (χ0) is 20.8. The maximum atomic E-state index is 6.45. The standard InChI is InChI=1S/C25H36O2S/c1-19-13-15-22(16-14-19)28-18-21(26-24(2,3)4)17-23(27-25(5,6)7)20-11-9-8-10-12-20/h8-16,21,23H,17-18H2,1-7H3/t21-,23+/m0/s1. The molecule has 0 aliphatic carbocycles. The van der Waals surface area contributed by atoms with Crippen LogP contribution in [0.5, 0.6) is 0 Å². The van der Waals surface area contributed by atoms with Crippen LogP contribution in [0.4, 0.5) is 0 Å². The van der Waals surface area contributed by atoms with Crippen LogP contribution in [0.25, 0.3) is 0 Å². The fourth-order valence-electron chi connectivity index (χ4n) is 3.06. The lowest BCUT2D eigenvalue weighted by Crippen LogP contribution is -2.32. The van der Waals surface area contributed by atoms with Crippen molar-refractivity contribution in [2.75, 3.05) is 5.75 Å². The summed E-state index contributed by atoms with van der Waals surface area (Å²) in [5.74, 6) is 0.900. The minimum atomic E-state index is -0.211. The summed E-state index contributed by atoms with van der Waals surface area (Å²) in [6.45, 7) is 14.8. The Balaban J connectivity index is 2.15. The lowest BCUT2D eigenvalue weighted by molar-refractivity contribution is -0.108. The average molecular weight is 401 g/mol. The molecule has 0 fully saturated rings. The molecular weight excluding hydrogens is 364 g/mol. The van der Waals surface area contributed by atoms with E-state index < -0.39 is 0 Å². The van der Waals surface area contributed by atoms with Gasteiger partial charge < -0.3 is 9.47 Å². The van der Waals surface area contributed by atoms with Gasteiger partial charge in [0.15, 0.2) is 0 Å². The molecule has 0 spiro atoms. The summed E-state index contributed by atoms with van der Waals surface area (Å²) < 4.78 is 12.9. The third-order valence-electron chi connectivity index (χ3n) is 4.12. The molecule has 0 N–H and O–H groups in total. The molecular formula is C25H36O2S. The zero-order valence-electron chi connectivity index (χ0n) is 18.5. The number of rotatable bonds is 8. The van der Waals surface area contributed by atoms with Gasteiger partial charge in [-0.05, 0) is 66.2 Å². The Labute approximate surface area is 176 Å². The largest absolute Gasteiger partial charge is 0.372 e. The molecule has 2 aromatic carbocycles. The van der Waals surface area contributed by atoms with Crippen molar-refractivity contribution in [1.29, 1.82) is 0 Å². The summed E-state index contributed by atoms with van der Waals surface area (Å²) >= 11 is 1.85. The topological polar surface area (TPSA) is 18.5 Å². The molecule has 154 valence electrons. The molecule has 28 heavy (non-hydrogen) atoms. The highest BCUT2D eigenvalue weighted by Gasteiger charge is 2.27. The van der Waals surface area contributed by atoms with Crippen molar-refractivity contribution in [3.63, 3.8) is 0 Å². The maximum absolute atomic E-state index is 6.45. The van der Waals surface area contributed by atoms with Gasteiger partial charge in [0, 0.05) is 17.1 Å². The normalized spacial score (nSPS) is 14.7. The third kappa shape index (κ3) is 8.81. The van der Waals surface area contributed by atoms with Crippen LogP contribution in [0.3, 0.4) is 0 Å². The Bertz CT molecular complexity index is 696. The fraction of sp³-hybridized carbons (Fsp3) is 0.520. The number of hydrogen-bond donors (Lipinski definition) is 0. The van der Waals surface area contributed by atoms with Crippen molar-refractivity contribution in [2.45, 2.75) is 83.2 Å². The monoisotopic (exact) mass is 400 g/mol. The Morgan fingerprint density at radius 2 is 1.36 bits per heavy atom. The second-order valence-corrected chi connectivity index (χ2v) is 10.4. The first kappa shape index (κ1) is 23.0. The molecule has 2 rings (SSSR count). The van der Waals surface area contributed by atoms with E-state index in [4.69, 9.17) is 9.47 Å². The first-order valence-corrected chi connectivity index (χ1v) is 11.1. The first-order valence-electron chi connectivity index (χ1n) is 10.1. The molecule has 0 aromatic heterocycles. The van der Waals surface area contributed by atoms with Gasteiger partial charge in [-0.1, -0.05) is 48.0 Å². The summed E-state index contributed by atoms with van der Waals surface area (Å²) in [6.07, 6.45) is 0.934. The second kappa shape index (κ2) is 9.96. The highest BCUT2D eigenvalue weighted by molar-refractivity contribution is 7.99. The Kier molecular flexibility index (Phi) is 8.18. The Morgan fingerprint density at radius 3 is 1.89 bits per heavy atom. The van der Waals surface area contributed by atoms with Crippen LogP contribution >= 0.6 is 11.8 Å². The molecule has 0 aliphatic rings. The van der Waals surface area contributed by atoms with E-state index >= 15 is 0 Å². The lowest BCUT2D eigenvalue weighted by atomic mass is 10.0. The second-order valence-electron chi connectivity index (χ2n) is 9.34. The van der Waals surface area contributed by atoms with Crippen molar-refractivity contribution in [2.24, 2.45) is 0 Å². The molecule has 0 saturated carbocycles. The van der Waals surface area contributed by atoms with Gasteiger partial charge in [-0.25, -0.2) is 0 Å². The predicted octanol–water partition coefficient (Wildman–Crippen LogP) is 7.22. The zero-order valence-corrected chi connectivity index (χ0v) is 19.3. The predicted molar refractivity (Wildman–Crippen MR) is 121 cm³/mol. The summed E-state index contributed by atoms with van der Waals surface area (Å²) in [7, 11) is 0. The van der Waals surface area contributed by atoms with Gasteiger partial charge in [0.2, 0.25) is 0 Å². The van der Waals surface area contributed by atoms with Crippen molar-refractivity contribution in [3.8, 4) is 0 Å². The molecule has 2 aromatic rings. The molecule has 2 atom stereocenters. The van der Waals surface area contributed by atoms with Gasteiger partial charge in [-0.3, -0.25) is 0 Å². The van der Waals surface area contributed by atoms with E-state index in [-0.39, 0.29) is 23.4 Å². The number of aryl methyl sites for hydroxylation is 1. The third-order valence-corrected chi connectivity index (χ3v) is 5.27. The SMILES string of the molecule is Cc1ccc(SC[C@H](C[C@@H](OC(C)(C)C)c2ccccc2)OC(C)(C)C)cc1. The van der Waals surface area contributed by atoms with E-state index in [1.807, 2.05) is 17.8 Å². The van der Waals surface area contributed by atoms with Gasteiger partial charge in [0.05, 0.1) is 23.4 Å². The molecule has 3 heteroatoms. The van der Waals surface area contributed by atoms with Gasteiger partial charge in [0.25, 0.3) is 0 Å². The van der Waals surface area contributed by atoms with Crippen molar-refractivity contribution < 1.29 is 9.47 Å². The molecule has 0 radical (unpaired) electrons. The summed E-state index contributed by atoms with van der Waals surface area (Å²) in [4.78, 5) is 1.28. The summed E-state index contributed by atoms with van der Waals surface area (Å²) in [5, 5.41) is 0. The van der Waals surface area contributed by atoms with Crippen LogP contribution < -0.4 is 0 Å². The quantitative estimate of drug-likeness (QED) is 0.436. The number of hydrogen-bond acceptors (Lipinski definition) is 3. The molecule has 0 saturated heterocycles. The van der Waals surface area contributed by atoms with Crippen LogP contribution in [-0.2, 0) is 9.47 Å². The maximum Gasteiger partial charge on any atom is 0.0857 e. The van der Waals surface area contributed by atoms with Crippen LogP contribution in [0.2, 0.25) is 0 Å². The Morgan fingerprint density at radius 1 is 0.786 bits per heavy atom. The fourth-order valence-corrected chi connectivity index (χ4v) is 3.97. The highest BCUT2D eigenvalue weighted by Crippen LogP contribution is 2.32. The molecule has 2 nitrogen and oxygen atoms in total. The minimum Gasteiger partial charge on any atom is -0.372 e. The van der Waals surface area contributed by atoms with Gasteiger partial charge in [-0.2, -0.15) is 0 Å². The Hall–Kier alpha value is -1.29. The van der Waals surface area contributed by atoms with E-state index in [2.05, 4.69) is 97.0 Å². The van der Waals surface area contributed by atoms with E-state index in [0.29, 0.717) is 0 Å². The van der Waals surface area contributed by atoms with E-state index in [9.17, 15) is 0 Å². The van der Waals surface area contributed by atoms with Gasteiger partial charge in [0.1, 0.15) is 0 Å². The summed E-state index contributed by atoms with van der Waals surface area (Å²) in [5.41, 5.74) is 2.09. The van der Waals surface area contributed by atoms with Crippen molar-refractivity contribution in [3.05, 3.63) is 65.7 Å². The number of ether oxygens (including phenoxy) is 2. The molecule has 0 amide bonds. The molecule has 0 aliphatic heterocycles. The van der Waals surface area contributed by atoms with Crippen molar-refractivity contribution >= 4 is 11.8 Å². The molecule has 0 heterocycles. The van der Waals surface area contributed by atoms with Gasteiger partial charge in [-0.15, -0.1) is 11.8 Å². The van der Waals surface area contributed by atoms with E-state index in [0.717, 1.165) is 12.2 Å². The van der Waals surface area contributed by atoms with Crippen LogP contribution in [-0.4, -0.2) is 23.1 Å². The number of benzene rings is 2. The van der Waals surface area contributed by atoms with Gasteiger partial charge >= 0.3 is 0 Å². The smallest absolute Gasteiger partial charge is 0.0857 e. The van der Waals surface area contributed by atoms with Crippen molar-refractivity contribution in [1.82, 2.24) is 0 Å². The van der Waals surface area contributed by atoms with Crippen LogP contribution in [0.1, 0.15) is 65.2 Å². The molecule has 0 bridgehead atoms. The summed E-state index contributed by atoms with van der Waals surface area (Å²) in [6, 6.07) is 19.2. The minimum absolute atomic E-state index is 0.00664. The average Bonchev–Trinajstić information content (AvgIpc) is 2.59. The van der Waals surface area contributed by atoms with E-state index in [1.165, 1.54) is 16.0 Å². The number of thioether (sulfide) groups is 1. The van der Waals surface area contributed by atoms with E-state index in [1.54, 1.807) is 0 Å². The van der Waals surface area contributed by atoms with Crippen LogP contribution in [0, 0.1) is 6.92 Å².